The maximum atomic E-state index is 12.4. The Balaban J connectivity index is 2.61. The molecule has 8 nitrogen and oxygen atoms in total. The average Bonchev–Trinajstić information content (AvgIpc) is 2.39. The molecule has 0 bridgehead atoms. The van der Waals surface area contributed by atoms with Crippen LogP contribution in [0, 0.1) is 5.92 Å². The van der Waals surface area contributed by atoms with Crippen molar-refractivity contribution >= 4 is 17.5 Å². The zero-order valence-electron chi connectivity index (χ0n) is 11.4. The van der Waals surface area contributed by atoms with Crippen LogP contribution in [-0.4, -0.2) is 44.6 Å². The largest absolute Gasteiger partial charge is 0.511 e. The SMILES string of the molecule is CC(=O)C=C(O)C1COc2cc(O)c(O)c(C(=O)O)c2C1=O. The molecular formula is C14H12O8. The van der Waals surface area contributed by atoms with Crippen molar-refractivity contribution in [2.24, 2.45) is 5.92 Å². The van der Waals surface area contributed by atoms with E-state index in [9.17, 15) is 29.7 Å². The minimum atomic E-state index is -1.64. The number of rotatable bonds is 3. The van der Waals surface area contributed by atoms with E-state index >= 15 is 0 Å². The van der Waals surface area contributed by atoms with Gasteiger partial charge in [0.1, 0.15) is 29.6 Å². The summed E-state index contributed by atoms with van der Waals surface area (Å²) in [6.45, 7) is 0.843. The summed E-state index contributed by atoms with van der Waals surface area (Å²) in [7, 11) is 0. The number of ether oxygens (including phenoxy) is 1. The summed E-state index contributed by atoms with van der Waals surface area (Å²) >= 11 is 0. The van der Waals surface area contributed by atoms with E-state index in [1.54, 1.807) is 0 Å². The first kappa shape index (κ1) is 15.4. The minimum Gasteiger partial charge on any atom is -0.511 e. The highest BCUT2D eigenvalue weighted by Gasteiger charge is 2.38. The molecule has 8 heteroatoms. The predicted octanol–water partition coefficient (Wildman–Crippen LogP) is 1.02. The van der Waals surface area contributed by atoms with Crippen LogP contribution in [0.2, 0.25) is 0 Å². The molecule has 0 spiro atoms. The summed E-state index contributed by atoms with van der Waals surface area (Å²) in [4.78, 5) is 34.6. The summed E-state index contributed by atoms with van der Waals surface area (Å²) in [6.07, 6.45) is 0.831. The second-order valence-corrected chi connectivity index (χ2v) is 4.71. The van der Waals surface area contributed by atoms with Gasteiger partial charge in [-0.3, -0.25) is 9.59 Å². The third-order valence-corrected chi connectivity index (χ3v) is 3.13. The van der Waals surface area contributed by atoms with Gasteiger partial charge in [-0.05, 0) is 6.92 Å². The molecule has 0 saturated carbocycles. The van der Waals surface area contributed by atoms with Crippen molar-refractivity contribution in [3.05, 3.63) is 29.0 Å². The van der Waals surface area contributed by atoms with Crippen LogP contribution in [-0.2, 0) is 4.79 Å². The number of hydrogen-bond acceptors (Lipinski definition) is 7. The number of carbonyl (C=O) groups is 3. The van der Waals surface area contributed by atoms with Gasteiger partial charge in [-0.2, -0.15) is 0 Å². The van der Waals surface area contributed by atoms with Gasteiger partial charge >= 0.3 is 5.97 Å². The third kappa shape index (κ3) is 2.46. The van der Waals surface area contributed by atoms with E-state index < -0.39 is 51.8 Å². The number of allylic oxidation sites excluding steroid dienone is 1. The Morgan fingerprint density at radius 2 is 1.95 bits per heavy atom. The van der Waals surface area contributed by atoms with Crippen molar-refractivity contribution in [1.82, 2.24) is 0 Å². The number of aromatic carboxylic acids is 1. The first-order chi connectivity index (χ1) is 10.2. The minimum absolute atomic E-state index is 0.218. The van der Waals surface area contributed by atoms with Crippen molar-refractivity contribution in [3.63, 3.8) is 0 Å². The number of ketones is 2. The lowest BCUT2D eigenvalue weighted by atomic mass is 9.89. The van der Waals surface area contributed by atoms with E-state index in [0.717, 1.165) is 12.1 Å². The summed E-state index contributed by atoms with van der Waals surface area (Å²) in [5.41, 5.74) is -1.29. The summed E-state index contributed by atoms with van der Waals surface area (Å²) in [5, 5.41) is 38.0. The molecule has 0 aliphatic carbocycles. The fourth-order valence-electron chi connectivity index (χ4n) is 2.15. The van der Waals surface area contributed by atoms with Gasteiger partial charge in [-0.25, -0.2) is 4.79 Å². The van der Waals surface area contributed by atoms with Crippen LogP contribution < -0.4 is 4.74 Å². The Morgan fingerprint density at radius 3 is 2.50 bits per heavy atom. The Bertz CT molecular complexity index is 716. The zero-order chi connectivity index (χ0) is 16.6. The van der Waals surface area contributed by atoms with Crippen LogP contribution in [0.5, 0.6) is 17.2 Å². The summed E-state index contributed by atoms with van der Waals surface area (Å²) in [5.74, 6) is -6.73. The molecule has 1 atom stereocenters. The number of Topliss-reactive ketones (excluding diaryl/α,β-unsaturated/α-hetero) is 1. The normalized spacial score (nSPS) is 17.6. The topological polar surface area (TPSA) is 141 Å². The van der Waals surface area contributed by atoms with Gasteiger partial charge in [-0.1, -0.05) is 0 Å². The smallest absolute Gasteiger partial charge is 0.340 e. The molecule has 2 rings (SSSR count). The van der Waals surface area contributed by atoms with Gasteiger partial charge in [0.25, 0.3) is 0 Å². The standard InChI is InChI=1S/C14H12O8/c1-5(15)2-7(16)6-4-22-9-3-8(17)13(19)11(14(20)21)10(9)12(6)18/h2-3,6,16-17,19H,4H2,1H3,(H,20,21). The monoisotopic (exact) mass is 308 g/mol. The average molecular weight is 308 g/mol. The molecule has 116 valence electrons. The van der Waals surface area contributed by atoms with Crippen LogP contribution in [0.4, 0.5) is 0 Å². The van der Waals surface area contributed by atoms with E-state index in [1.807, 2.05) is 0 Å². The first-order valence-corrected chi connectivity index (χ1v) is 6.14. The highest BCUT2D eigenvalue weighted by Crippen LogP contribution is 2.42. The molecule has 1 aromatic rings. The molecule has 0 fully saturated rings. The number of carboxylic acids is 1. The van der Waals surface area contributed by atoms with Gasteiger partial charge < -0.3 is 25.2 Å². The van der Waals surface area contributed by atoms with Crippen LogP contribution in [0.1, 0.15) is 27.6 Å². The molecule has 1 aromatic carbocycles. The Morgan fingerprint density at radius 1 is 1.32 bits per heavy atom. The molecule has 1 aliphatic heterocycles. The lowest BCUT2D eigenvalue weighted by Gasteiger charge is -2.25. The van der Waals surface area contributed by atoms with Crippen LogP contribution >= 0.6 is 0 Å². The highest BCUT2D eigenvalue weighted by molar-refractivity contribution is 6.12. The quantitative estimate of drug-likeness (QED) is 0.368. The van der Waals surface area contributed by atoms with Crippen molar-refractivity contribution in [1.29, 1.82) is 0 Å². The van der Waals surface area contributed by atoms with Gasteiger partial charge in [0.15, 0.2) is 23.1 Å². The summed E-state index contributed by atoms with van der Waals surface area (Å²) < 4.78 is 5.17. The molecule has 22 heavy (non-hydrogen) atoms. The van der Waals surface area contributed by atoms with Crippen molar-refractivity contribution in [3.8, 4) is 17.2 Å². The molecule has 0 radical (unpaired) electrons. The molecule has 1 heterocycles. The Kier molecular flexibility index (Phi) is 3.77. The number of hydrogen-bond donors (Lipinski definition) is 4. The van der Waals surface area contributed by atoms with Crippen molar-refractivity contribution < 1.29 is 39.5 Å². The molecule has 1 aliphatic rings. The van der Waals surface area contributed by atoms with Crippen LogP contribution in [0.25, 0.3) is 0 Å². The van der Waals surface area contributed by atoms with Gasteiger partial charge in [0, 0.05) is 12.1 Å². The van der Waals surface area contributed by atoms with Gasteiger partial charge in [0.05, 0.1) is 5.56 Å². The van der Waals surface area contributed by atoms with Gasteiger partial charge in [-0.15, -0.1) is 0 Å². The Hall–Kier alpha value is -3.03. The number of aliphatic hydroxyl groups is 1. The van der Waals surface area contributed by atoms with Crippen LogP contribution in [0.3, 0.4) is 0 Å². The van der Waals surface area contributed by atoms with Crippen molar-refractivity contribution in [2.45, 2.75) is 6.92 Å². The summed E-state index contributed by atoms with van der Waals surface area (Å²) in [6, 6.07) is 0.914. The molecular weight excluding hydrogens is 296 g/mol. The second-order valence-electron chi connectivity index (χ2n) is 4.71. The van der Waals surface area contributed by atoms with E-state index in [0.29, 0.717) is 0 Å². The maximum absolute atomic E-state index is 12.4. The predicted molar refractivity (Wildman–Crippen MR) is 71.4 cm³/mol. The maximum Gasteiger partial charge on any atom is 0.340 e. The van der Waals surface area contributed by atoms with Gasteiger partial charge in [0.2, 0.25) is 0 Å². The third-order valence-electron chi connectivity index (χ3n) is 3.13. The van der Waals surface area contributed by atoms with E-state index in [2.05, 4.69) is 0 Å². The lowest BCUT2D eigenvalue weighted by Crippen LogP contribution is -2.31. The highest BCUT2D eigenvalue weighted by atomic mass is 16.5. The molecule has 0 aromatic heterocycles. The fourth-order valence-corrected chi connectivity index (χ4v) is 2.15. The number of aliphatic hydroxyl groups excluding tert-OH is 1. The van der Waals surface area contributed by atoms with E-state index in [1.165, 1.54) is 6.92 Å². The molecule has 0 saturated heterocycles. The number of carbonyl (C=O) groups excluding carboxylic acids is 2. The van der Waals surface area contributed by atoms with Crippen LogP contribution in [0.15, 0.2) is 17.9 Å². The number of aromatic hydroxyl groups is 2. The zero-order valence-corrected chi connectivity index (χ0v) is 11.4. The number of fused-ring (bicyclic) bond motifs is 1. The van der Waals surface area contributed by atoms with E-state index in [-0.39, 0.29) is 12.4 Å². The lowest BCUT2D eigenvalue weighted by molar-refractivity contribution is -0.112. The second kappa shape index (κ2) is 5.40. The molecule has 4 N–H and O–H groups in total. The number of benzene rings is 1. The molecule has 1 unspecified atom stereocenters. The van der Waals surface area contributed by atoms with Crippen molar-refractivity contribution in [2.75, 3.05) is 6.61 Å². The van der Waals surface area contributed by atoms with E-state index in [4.69, 9.17) is 9.84 Å². The number of phenolic OH excluding ortho intramolecular Hbond substituents is 1. The first-order valence-electron chi connectivity index (χ1n) is 6.14. The number of phenols is 2. The fraction of sp³-hybridized carbons (Fsp3) is 0.214. The number of carboxylic acid groups (broad SMARTS) is 1. The Labute approximate surface area is 123 Å². The molecule has 0 amide bonds.